The molecule has 1 saturated carbocycles. The Morgan fingerprint density at radius 3 is 2.24 bits per heavy atom. The van der Waals surface area contributed by atoms with Crippen molar-refractivity contribution in [2.24, 2.45) is 17.6 Å². The van der Waals surface area contributed by atoms with Crippen molar-refractivity contribution in [1.82, 2.24) is 0 Å². The Labute approximate surface area is 129 Å². The summed E-state index contributed by atoms with van der Waals surface area (Å²) in [7, 11) is 0. The number of nitrogens with two attached hydrogens (primary N) is 1. The predicted molar refractivity (Wildman–Crippen MR) is 87.8 cm³/mol. The average Bonchev–Trinajstić information content (AvgIpc) is 2.44. The van der Waals surface area contributed by atoms with Crippen molar-refractivity contribution in [2.75, 3.05) is 0 Å². The van der Waals surface area contributed by atoms with Crippen LogP contribution in [0.15, 0.2) is 12.1 Å². The van der Waals surface area contributed by atoms with Gasteiger partial charge in [0.25, 0.3) is 0 Å². The molecule has 1 aliphatic rings. The first-order valence-corrected chi connectivity index (χ1v) is 8.55. The van der Waals surface area contributed by atoms with Gasteiger partial charge in [-0.05, 0) is 67.3 Å². The van der Waals surface area contributed by atoms with Crippen LogP contribution in [0.4, 0.5) is 4.39 Å². The summed E-state index contributed by atoms with van der Waals surface area (Å²) in [5, 5.41) is 0. The minimum atomic E-state index is -0.149. The molecular weight excluding hydrogens is 261 g/mol. The van der Waals surface area contributed by atoms with Crippen molar-refractivity contribution < 1.29 is 4.39 Å². The van der Waals surface area contributed by atoms with Crippen LogP contribution in [0.1, 0.15) is 74.6 Å². The predicted octanol–water partition coefficient (Wildman–Crippen LogP) is 5.44. The molecule has 0 bridgehead atoms. The number of hydrogen-bond acceptors (Lipinski definition) is 1. The molecule has 1 aromatic carbocycles. The monoisotopic (exact) mass is 291 g/mol. The topological polar surface area (TPSA) is 26.0 Å². The van der Waals surface area contributed by atoms with E-state index in [1.54, 1.807) is 12.1 Å². The van der Waals surface area contributed by atoms with E-state index in [4.69, 9.17) is 5.73 Å². The number of aryl methyl sites for hydroxylation is 2. The summed E-state index contributed by atoms with van der Waals surface area (Å²) in [5.74, 6) is 1.32. The smallest absolute Gasteiger partial charge is 0.123 e. The van der Waals surface area contributed by atoms with Crippen molar-refractivity contribution in [1.29, 1.82) is 0 Å². The van der Waals surface area contributed by atoms with Gasteiger partial charge in [0.15, 0.2) is 0 Å². The zero-order valence-electron chi connectivity index (χ0n) is 13.8. The minimum absolute atomic E-state index is 0.0673. The van der Waals surface area contributed by atoms with Gasteiger partial charge in [-0.25, -0.2) is 4.39 Å². The molecule has 1 aromatic rings. The first-order valence-electron chi connectivity index (χ1n) is 8.55. The van der Waals surface area contributed by atoms with E-state index in [0.717, 1.165) is 17.0 Å². The standard InChI is InChI=1S/C19H30FN/c1-4-5-6-15-7-9-16(10-8-15)19(21)18-13(2)11-17(20)12-14(18)3/h11-12,15-16,19H,4-10,21H2,1-3H3. The molecule has 2 heteroatoms. The maximum Gasteiger partial charge on any atom is 0.123 e. The van der Waals surface area contributed by atoms with E-state index in [1.807, 2.05) is 13.8 Å². The number of benzene rings is 1. The Morgan fingerprint density at radius 2 is 1.71 bits per heavy atom. The van der Waals surface area contributed by atoms with Gasteiger partial charge in [0.05, 0.1) is 0 Å². The number of halogens is 1. The van der Waals surface area contributed by atoms with Gasteiger partial charge in [-0.1, -0.05) is 39.0 Å². The summed E-state index contributed by atoms with van der Waals surface area (Å²) in [4.78, 5) is 0. The molecule has 0 saturated heterocycles. The lowest BCUT2D eigenvalue weighted by Crippen LogP contribution is -2.27. The van der Waals surface area contributed by atoms with Crippen LogP contribution in [0, 0.1) is 31.5 Å². The Balaban J connectivity index is 2.00. The van der Waals surface area contributed by atoms with Crippen LogP contribution in [0.2, 0.25) is 0 Å². The normalized spacial score (nSPS) is 24.0. The maximum atomic E-state index is 13.4. The van der Waals surface area contributed by atoms with E-state index in [1.165, 1.54) is 50.5 Å². The molecule has 2 N–H and O–H groups in total. The molecule has 0 amide bonds. The Hall–Kier alpha value is -0.890. The van der Waals surface area contributed by atoms with E-state index < -0.39 is 0 Å². The van der Waals surface area contributed by atoms with Crippen LogP contribution in [0.3, 0.4) is 0 Å². The fraction of sp³-hybridized carbons (Fsp3) is 0.684. The maximum absolute atomic E-state index is 13.4. The summed E-state index contributed by atoms with van der Waals surface area (Å²) in [6.07, 6.45) is 9.13. The molecule has 0 heterocycles. The zero-order chi connectivity index (χ0) is 15.4. The average molecular weight is 291 g/mol. The zero-order valence-corrected chi connectivity index (χ0v) is 13.8. The van der Waals surface area contributed by atoms with Crippen molar-refractivity contribution >= 4 is 0 Å². The highest BCUT2D eigenvalue weighted by atomic mass is 19.1. The molecule has 2 rings (SSSR count). The summed E-state index contributed by atoms with van der Waals surface area (Å²) < 4.78 is 13.4. The summed E-state index contributed by atoms with van der Waals surface area (Å²) in [6, 6.07) is 3.31. The van der Waals surface area contributed by atoms with Crippen LogP contribution in [0.25, 0.3) is 0 Å². The first-order chi connectivity index (χ1) is 10.0. The molecule has 0 spiro atoms. The number of unbranched alkanes of at least 4 members (excludes halogenated alkanes) is 1. The SMILES string of the molecule is CCCCC1CCC(C(N)c2c(C)cc(F)cc2C)CC1. The molecule has 0 aromatic heterocycles. The molecule has 1 aliphatic carbocycles. The number of hydrogen-bond donors (Lipinski definition) is 1. The molecule has 1 atom stereocenters. The van der Waals surface area contributed by atoms with Gasteiger partial charge in [0.1, 0.15) is 5.82 Å². The summed E-state index contributed by atoms with van der Waals surface area (Å²) in [6.45, 7) is 6.23. The summed E-state index contributed by atoms with van der Waals surface area (Å²) >= 11 is 0. The second-order valence-corrected chi connectivity index (χ2v) is 6.90. The van der Waals surface area contributed by atoms with E-state index in [9.17, 15) is 4.39 Å². The Bertz CT molecular complexity index is 438. The van der Waals surface area contributed by atoms with Gasteiger partial charge in [0, 0.05) is 6.04 Å². The van der Waals surface area contributed by atoms with Crippen LogP contribution in [0.5, 0.6) is 0 Å². The van der Waals surface area contributed by atoms with Crippen molar-refractivity contribution in [3.8, 4) is 0 Å². The van der Waals surface area contributed by atoms with Crippen molar-refractivity contribution in [3.63, 3.8) is 0 Å². The van der Waals surface area contributed by atoms with Gasteiger partial charge in [-0.3, -0.25) is 0 Å². The molecule has 1 fully saturated rings. The molecule has 21 heavy (non-hydrogen) atoms. The fourth-order valence-electron chi connectivity index (χ4n) is 4.01. The minimum Gasteiger partial charge on any atom is -0.324 e. The van der Waals surface area contributed by atoms with E-state index in [0.29, 0.717) is 5.92 Å². The van der Waals surface area contributed by atoms with Crippen LogP contribution < -0.4 is 5.73 Å². The molecule has 1 unspecified atom stereocenters. The van der Waals surface area contributed by atoms with Gasteiger partial charge >= 0.3 is 0 Å². The second kappa shape index (κ2) is 7.40. The van der Waals surface area contributed by atoms with E-state index in [2.05, 4.69) is 6.92 Å². The molecular formula is C19H30FN. The van der Waals surface area contributed by atoms with Gasteiger partial charge in [-0.15, -0.1) is 0 Å². The molecule has 0 aliphatic heterocycles. The lowest BCUT2D eigenvalue weighted by Gasteiger charge is -2.33. The first kappa shape index (κ1) is 16.5. The highest BCUT2D eigenvalue weighted by Crippen LogP contribution is 2.39. The van der Waals surface area contributed by atoms with Gasteiger partial charge in [0.2, 0.25) is 0 Å². The Morgan fingerprint density at radius 1 is 1.14 bits per heavy atom. The lowest BCUT2D eigenvalue weighted by atomic mass is 9.74. The van der Waals surface area contributed by atoms with Crippen LogP contribution in [-0.2, 0) is 0 Å². The highest BCUT2D eigenvalue weighted by Gasteiger charge is 2.27. The number of rotatable bonds is 5. The molecule has 1 nitrogen and oxygen atoms in total. The molecule has 0 radical (unpaired) electrons. The quantitative estimate of drug-likeness (QED) is 0.768. The molecule has 118 valence electrons. The fourth-order valence-corrected chi connectivity index (χ4v) is 4.01. The third-order valence-electron chi connectivity index (χ3n) is 5.26. The van der Waals surface area contributed by atoms with E-state index >= 15 is 0 Å². The van der Waals surface area contributed by atoms with Gasteiger partial charge in [-0.2, -0.15) is 0 Å². The van der Waals surface area contributed by atoms with Crippen LogP contribution in [-0.4, -0.2) is 0 Å². The largest absolute Gasteiger partial charge is 0.324 e. The summed E-state index contributed by atoms with van der Waals surface area (Å²) in [5.41, 5.74) is 9.73. The van der Waals surface area contributed by atoms with Gasteiger partial charge < -0.3 is 5.73 Å². The second-order valence-electron chi connectivity index (χ2n) is 6.90. The van der Waals surface area contributed by atoms with E-state index in [-0.39, 0.29) is 11.9 Å². The van der Waals surface area contributed by atoms with Crippen LogP contribution >= 0.6 is 0 Å². The third kappa shape index (κ3) is 4.06. The Kier molecular flexibility index (Phi) is 5.80. The third-order valence-corrected chi connectivity index (χ3v) is 5.26. The highest BCUT2D eigenvalue weighted by molar-refractivity contribution is 5.37. The lowest BCUT2D eigenvalue weighted by molar-refractivity contribution is 0.232. The van der Waals surface area contributed by atoms with Crippen molar-refractivity contribution in [3.05, 3.63) is 34.6 Å². The van der Waals surface area contributed by atoms with Crippen molar-refractivity contribution in [2.45, 2.75) is 71.8 Å².